The Kier molecular flexibility index (Phi) is 2.55. The highest BCUT2D eigenvalue weighted by molar-refractivity contribution is 7.90. The number of halogens is 1. The molecule has 0 fully saturated rings. The summed E-state index contributed by atoms with van der Waals surface area (Å²) in [5.41, 5.74) is 0.0598. The van der Waals surface area contributed by atoms with E-state index >= 15 is 0 Å². The monoisotopic (exact) mass is 216 g/mol. The maximum atomic E-state index is 11.0. The lowest BCUT2D eigenvalue weighted by Crippen LogP contribution is -1.98. The summed E-state index contributed by atoms with van der Waals surface area (Å²) >= 11 is 5.52. The molecular formula is C7H5ClN2O2S. The lowest BCUT2D eigenvalue weighted by atomic mass is 10.3. The lowest BCUT2D eigenvalue weighted by molar-refractivity contribution is 0.601. The second kappa shape index (κ2) is 3.32. The molecule has 1 aromatic heterocycles. The number of aromatic nitrogens is 1. The summed E-state index contributed by atoms with van der Waals surface area (Å²) < 4.78 is 22.0. The van der Waals surface area contributed by atoms with Crippen molar-refractivity contribution < 1.29 is 8.42 Å². The van der Waals surface area contributed by atoms with Crippen molar-refractivity contribution in [2.75, 3.05) is 6.26 Å². The molecule has 1 heterocycles. The Morgan fingerprint density at radius 3 is 2.69 bits per heavy atom. The average Bonchev–Trinajstić information content (AvgIpc) is 2.03. The van der Waals surface area contributed by atoms with Gasteiger partial charge in [-0.1, -0.05) is 11.6 Å². The Morgan fingerprint density at radius 2 is 2.23 bits per heavy atom. The van der Waals surface area contributed by atoms with Crippen molar-refractivity contribution in [2.24, 2.45) is 0 Å². The number of sulfone groups is 1. The maximum Gasteiger partial charge on any atom is 0.177 e. The van der Waals surface area contributed by atoms with E-state index in [-0.39, 0.29) is 15.6 Å². The molecule has 0 aromatic carbocycles. The standard InChI is InChI=1S/C7H5ClN2O2S/c1-13(11,12)6-2-5(3-9)7(8)10-4-6/h2,4H,1H3. The average molecular weight is 217 g/mol. The number of nitriles is 1. The second-order valence-electron chi connectivity index (χ2n) is 2.39. The number of hydrogen-bond acceptors (Lipinski definition) is 4. The van der Waals surface area contributed by atoms with Crippen LogP contribution < -0.4 is 0 Å². The first kappa shape index (κ1) is 9.96. The minimum atomic E-state index is -3.32. The topological polar surface area (TPSA) is 70.8 Å². The second-order valence-corrected chi connectivity index (χ2v) is 4.77. The maximum absolute atomic E-state index is 11.0. The normalized spacial score (nSPS) is 10.8. The van der Waals surface area contributed by atoms with E-state index in [4.69, 9.17) is 16.9 Å². The van der Waals surface area contributed by atoms with Crippen molar-refractivity contribution in [1.82, 2.24) is 4.98 Å². The van der Waals surface area contributed by atoms with E-state index in [2.05, 4.69) is 4.98 Å². The first-order valence-electron chi connectivity index (χ1n) is 3.21. The molecule has 1 aromatic rings. The lowest BCUT2D eigenvalue weighted by Gasteiger charge is -1.98. The highest BCUT2D eigenvalue weighted by atomic mass is 35.5. The zero-order chi connectivity index (χ0) is 10.1. The predicted molar refractivity (Wildman–Crippen MR) is 47.1 cm³/mol. The van der Waals surface area contributed by atoms with Gasteiger partial charge in [-0.25, -0.2) is 13.4 Å². The molecule has 0 atom stereocenters. The van der Waals surface area contributed by atoms with Gasteiger partial charge < -0.3 is 0 Å². The summed E-state index contributed by atoms with van der Waals surface area (Å²) in [6.07, 6.45) is 2.16. The van der Waals surface area contributed by atoms with Crippen molar-refractivity contribution in [1.29, 1.82) is 5.26 Å². The van der Waals surface area contributed by atoms with Crippen LogP contribution in [-0.2, 0) is 9.84 Å². The van der Waals surface area contributed by atoms with Gasteiger partial charge in [0, 0.05) is 12.5 Å². The molecule has 1 rings (SSSR count). The summed E-state index contributed by atoms with van der Waals surface area (Å²) in [6, 6.07) is 2.95. The molecule has 0 aliphatic heterocycles. The van der Waals surface area contributed by atoms with Gasteiger partial charge in [0.05, 0.1) is 10.5 Å². The van der Waals surface area contributed by atoms with Crippen molar-refractivity contribution in [2.45, 2.75) is 4.90 Å². The van der Waals surface area contributed by atoms with E-state index in [0.717, 1.165) is 12.5 Å². The molecular weight excluding hydrogens is 212 g/mol. The molecule has 0 saturated heterocycles. The molecule has 0 aliphatic carbocycles. The van der Waals surface area contributed by atoms with Crippen LogP contribution in [0.15, 0.2) is 17.2 Å². The molecule has 4 nitrogen and oxygen atoms in total. The fourth-order valence-corrected chi connectivity index (χ4v) is 1.43. The van der Waals surface area contributed by atoms with Gasteiger partial charge in [0.15, 0.2) is 9.84 Å². The van der Waals surface area contributed by atoms with E-state index in [9.17, 15) is 8.42 Å². The molecule has 0 N–H and O–H groups in total. The SMILES string of the molecule is CS(=O)(=O)c1cnc(Cl)c(C#N)c1. The number of pyridine rings is 1. The summed E-state index contributed by atoms with van der Waals surface area (Å²) in [6.45, 7) is 0. The van der Waals surface area contributed by atoms with Crippen LogP contribution >= 0.6 is 11.6 Å². The molecule has 13 heavy (non-hydrogen) atoms. The minimum Gasteiger partial charge on any atom is -0.242 e. The number of rotatable bonds is 1. The summed E-state index contributed by atoms with van der Waals surface area (Å²) in [5, 5.41) is 8.55. The Balaban J connectivity index is 3.41. The minimum absolute atomic E-state index is 0.00606. The third kappa shape index (κ3) is 2.17. The van der Waals surface area contributed by atoms with Gasteiger partial charge in [-0.3, -0.25) is 0 Å². The quantitative estimate of drug-likeness (QED) is 0.657. The molecule has 0 aliphatic rings. The van der Waals surface area contributed by atoms with E-state index in [1.165, 1.54) is 6.07 Å². The first-order valence-corrected chi connectivity index (χ1v) is 5.48. The van der Waals surface area contributed by atoms with Crippen molar-refractivity contribution in [3.05, 3.63) is 23.0 Å². The Hall–Kier alpha value is -1.12. The number of hydrogen-bond donors (Lipinski definition) is 0. The largest absolute Gasteiger partial charge is 0.242 e. The van der Waals surface area contributed by atoms with E-state index in [1.54, 1.807) is 6.07 Å². The summed E-state index contributed by atoms with van der Waals surface area (Å²) in [4.78, 5) is 3.57. The van der Waals surface area contributed by atoms with Gasteiger partial charge in [-0.15, -0.1) is 0 Å². The molecule has 0 saturated carbocycles. The summed E-state index contributed by atoms with van der Waals surface area (Å²) in [5.74, 6) is 0. The molecule has 0 amide bonds. The number of nitrogens with zero attached hydrogens (tertiary/aromatic N) is 2. The fourth-order valence-electron chi connectivity index (χ4n) is 0.710. The molecule has 6 heteroatoms. The Morgan fingerprint density at radius 1 is 1.62 bits per heavy atom. The molecule has 0 spiro atoms. The Labute approximate surface area is 80.7 Å². The van der Waals surface area contributed by atoms with Crippen LogP contribution in [0.5, 0.6) is 0 Å². The Bertz CT molecular complexity index is 476. The van der Waals surface area contributed by atoms with Crippen LogP contribution in [0.3, 0.4) is 0 Å². The van der Waals surface area contributed by atoms with Crippen LogP contribution in [-0.4, -0.2) is 19.7 Å². The molecule has 0 unspecified atom stereocenters. The van der Waals surface area contributed by atoms with Gasteiger partial charge >= 0.3 is 0 Å². The highest BCUT2D eigenvalue weighted by Gasteiger charge is 2.10. The van der Waals surface area contributed by atoms with Crippen LogP contribution in [0.1, 0.15) is 5.56 Å². The van der Waals surface area contributed by atoms with E-state index < -0.39 is 9.84 Å². The molecule has 0 bridgehead atoms. The van der Waals surface area contributed by atoms with Crippen molar-refractivity contribution >= 4 is 21.4 Å². The highest BCUT2D eigenvalue weighted by Crippen LogP contribution is 2.16. The van der Waals surface area contributed by atoms with Crippen LogP contribution in [0.2, 0.25) is 5.15 Å². The molecule has 0 radical (unpaired) electrons. The molecule has 68 valence electrons. The third-order valence-corrected chi connectivity index (χ3v) is 2.74. The predicted octanol–water partition coefficient (Wildman–Crippen LogP) is 1.01. The van der Waals surface area contributed by atoms with Crippen LogP contribution in [0.4, 0.5) is 0 Å². The van der Waals surface area contributed by atoms with Gasteiger partial charge in [0.25, 0.3) is 0 Å². The van der Waals surface area contributed by atoms with Crippen LogP contribution in [0, 0.1) is 11.3 Å². The van der Waals surface area contributed by atoms with Crippen LogP contribution in [0.25, 0.3) is 0 Å². The first-order chi connectivity index (χ1) is 5.95. The van der Waals surface area contributed by atoms with Gasteiger partial charge in [-0.2, -0.15) is 5.26 Å². The fraction of sp³-hybridized carbons (Fsp3) is 0.143. The van der Waals surface area contributed by atoms with Crippen molar-refractivity contribution in [3.63, 3.8) is 0 Å². The van der Waals surface area contributed by atoms with Gasteiger partial charge in [0.2, 0.25) is 0 Å². The van der Waals surface area contributed by atoms with Gasteiger partial charge in [0.1, 0.15) is 11.2 Å². The smallest absolute Gasteiger partial charge is 0.177 e. The van der Waals surface area contributed by atoms with Crippen molar-refractivity contribution in [3.8, 4) is 6.07 Å². The zero-order valence-corrected chi connectivity index (χ0v) is 8.22. The van der Waals surface area contributed by atoms with E-state index in [1.807, 2.05) is 0 Å². The third-order valence-electron chi connectivity index (χ3n) is 1.36. The van der Waals surface area contributed by atoms with E-state index in [0.29, 0.717) is 0 Å². The summed E-state index contributed by atoms with van der Waals surface area (Å²) in [7, 11) is -3.32. The zero-order valence-electron chi connectivity index (χ0n) is 6.65. The van der Waals surface area contributed by atoms with Gasteiger partial charge in [-0.05, 0) is 6.07 Å².